The van der Waals surface area contributed by atoms with Crippen molar-refractivity contribution < 1.29 is 9.90 Å². The van der Waals surface area contributed by atoms with Gasteiger partial charge in [-0.1, -0.05) is 0 Å². The van der Waals surface area contributed by atoms with E-state index in [0.29, 0.717) is 11.9 Å². The number of aliphatic hydroxyl groups is 1. The van der Waals surface area contributed by atoms with E-state index in [9.17, 15) is 9.90 Å². The molecule has 0 aromatic carbocycles. The van der Waals surface area contributed by atoms with Crippen LogP contribution in [0.15, 0.2) is 18.5 Å². The third kappa shape index (κ3) is 2.77. The van der Waals surface area contributed by atoms with E-state index in [1.807, 2.05) is 6.07 Å². The first kappa shape index (κ1) is 15.8. The summed E-state index contributed by atoms with van der Waals surface area (Å²) in [5.41, 5.74) is -0.256. The molecular weight excluding hydrogens is 304 g/mol. The lowest BCUT2D eigenvalue weighted by molar-refractivity contribution is -0.139. The maximum atomic E-state index is 13.2. The lowest BCUT2D eigenvalue weighted by atomic mass is 9.78. The summed E-state index contributed by atoms with van der Waals surface area (Å²) in [7, 11) is 0. The molecule has 6 heteroatoms. The first-order chi connectivity index (χ1) is 11.7. The van der Waals surface area contributed by atoms with Gasteiger partial charge in [0.1, 0.15) is 0 Å². The third-order valence-electron chi connectivity index (χ3n) is 6.06. The number of carbonyl (C=O) groups is 1. The van der Waals surface area contributed by atoms with E-state index >= 15 is 0 Å². The van der Waals surface area contributed by atoms with Gasteiger partial charge in [-0.25, -0.2) is 9.97 Å². The van der Waals surface area contributed by atoms with Gasteiger partial charge in [-0.2, -0.15) is 0 Å². The van der Waals surface area contributed by atoms with E-state index < -0.39 is 0 Å². The Labute approximate surface area is 142 Å². The predicted octanol–water partition coefficient (Wildman–Crippen LogP) is 1.60. The van der Waals surface area contributed by atoms with Crippen molar-refractivity contribution in [3.8, 4) is 0 Å². The Kier molecular flexibility index (Phi) is 4.16. The van der Waals surface area contributed by atoms with Crippen LogP contribution >= 0.6 is 0 Å². The number of carbonyl (C=O) groups excluding carboxylic acids is 1. The van der Waals surface area contributed by atoms with E-state index in [1.165, 1.54) is 0 Å². The van der Waals surface area contributed by atoms with Crippen LogP contribution in [0.1, 0.15) is 44.9 Å². The van der Waals surface area contributed by atoms with Crippen LogP contribution in [-0.4, -0.2) is 57.7 Å². The molecule has 1 saturated carbocycles. The van der Waals surface area contributed by atoms with Crippen LogP contribution in [-0.2, 0) is 4.79 Å². The van der Waals surface area contributed by atoms with Crippen LogP contribution in [0.25, 0.3) is 0 Å². The second-order valence-electron chi connectivity index (χ2n) is 7.57. The second-order valence-corrected chi connectivity index (χ2v) is 7.57. The average Bonchev–Trinajstić information content (AvgIpc) is 2.93. The van der Waals surface area contributed by atoms with Gasteiger partial charge in [-0.3, -0.25) is 4.79 Å². The number of aliphatic hydroxyl groups excluding tert-OH is 1. The average molecular weight is 330 g/mol. The molecule has 1 aromatic rings. The fourth-order valence-electron chi connectivity index (χ4n) is 4.70. The summed E-state index contributed by atoms with van der Waals surface area (Å²) >= 11 is 0. The van der Waals surface area contributed by atoms with Crippen LogP contribution in [0.4, 0.5) is 5.95 Å². The van der Waals surface area contributed by atoms with E-state index in [2.05, 4.69) is 19.8 Å². The lowest BCUT2D eigenvalue weighted by Crippen LogP contribution is -2.50. The standard InChI is InChI=1S/C18H26N4O2/c23-15-5-3-14(4-6-15)22-12-8-18(16(22)24)7-1-11-21(13-18)17-19-9-2-10-20-17/h2,9-10,14-15,23H,1,3-8,11-13H2/t14-,15+,18-/m0/s1. The van der Waals surface area contributed by atoms with Crippen molar-refractivity contribution in [3.05, 3.63) is 18.5 Å². The second kappa shape index (κ2) is 6.31. The Hall–Kier alpha value is -1.69. The van der Waals surface area contributed by atoms with Crippen molar-refractivity contribution in [2.24, 2.45) is 5.41 Å². The van der Waals surface area contributed by atoms with Crippen LogP contribution in [0, 0.1) is 5.41 Å². The van der Waals surface area contributed by atoms with Gasteiger partial charge in [0.25, 0.3) is 0 Å². The quantitative estimate of drug-likeness (QED) is 0.892. The van der Waals surface area contributed by atoms with Crippen molar-refractivity contribution in [2.45, 2.75) is 57.1 Å². The Bertz CT molecular complexity index is 588. The topological polar surface area (TPSA) is 69.6 Å². The minimum absolute atomic E-state index is 0.173. The van der Waals surface area contributed by atoms with Crippen molar-refractivity contribution in [1.29, 1.82) is 0 Å². The monoisotopic (exact) mass is 330 g/mol. The highest BCUT2D eigenvalue weighted by Gasteiger charge is 2.50. The summed E-state index contributed by atoms with van der Waals surface area (Å²) in [5, 5.41) is 9.71. The summed E-state index contributed by atoms with van der Waals surface area (Å²) in [4.78, 5) is 26.2. The largest absolute Gasteiger partial charge is 0.393 e. The smallest absolute Gasteiger partial charge is 0.230 e. The zero-order valence-corrected chi connectivity index (χ0v) is 14.1. The van der Waals surface area contributed by atoms with Gasteiger partial charge in [0.05, 0.1) is 11.5 Å². The number of likely N-dealkylation sites (tertiary alicyclic amines) is 1. The molecule has 2 aliphatic heterocycles. The normalized spacial score (nSPS) is 34.1. The number of amides is 1. The Morgan fingerprint density at radius 3 is 2.58 bits per heavy atom. The number of anilines is 1. The summed E-state index contributed by atoms with van der Waals surface area (Å²) in [5.74, 6) is 1.06. The molecule has 1 spiro atoms. The molecule has 0 bridgehead atoms. The van der Waals surface area contributed by atoms with E-state index in [1.54, 1.807) is 12.4 Å². The van der Waals surface area contributed by atoms with Gasteiger partial charge >= 0.3 is 0 Å². The molecule has 0 unspecified atom stereocenters. The first-order valence-corrected chi connectivity index (χ1v) is 9.19. The molecule has 3 heterocycles. The molecule has 2 saturated heterocycles. The Balaban J connectivity index is 1.48. The van der Waals surface area contributed by atoms with Gasteiger partial charge in [0.15, 0.2) is 0 Å². The maximum absolute atomic E-state index is 13.2. The Morgan fingerprint density at radius 1 is 1.08 bits per heavy atom. The SMILES string of the molecule is O=C1N([C@H]2CC[C@@H](O)CC2)CC[C@]12CCCN(c1ncccn1)C2. The number of rotatable bonds is 2. The molecule has 24 heavy (non-hydrogen) atoms. The fourth-order valence-corrected chi connectivity index (χ4v) is 4.70. The third-order valence-corrected chi connectivity index (χ3v) is 6.06. The molecule has 6 nitrogen and oxygen atoms in total. The van der Waals surface area contributed by atoms with Gasteiger partial charge in [0, 0.05) is 38.1 Å². The highest BCUT2D eigenvalue weighted by Crippen LogP contribution is 2.42. The summed E-state index contributed by atoms with van der Waals surface area (Å²) in [6, 6.07) is 2.15. The van der Waals surface area contributed by atoms with Crippen LogP contribution < -0.4 is 4.90 Å². The van der Waals surface area contributed by atoms with Crippen molar-refractivity contribution >= 4 is 11.9 Å². The molecule has 3 fully saturated rings. The lowest BCUT2D eigenvalue weighted by Gasteiger charge is -2.40. The summed E-state index contributed by atoms with van der Waals surface area (Å²) < 4.78 is 0. The Morgan fingerprint density at radius 2 is 1.83 bits per heavy atom. The molecule has 4 rings (SSSR count). The molecular formula is C18H26N4O2. The highest BCUT2D eigenvalue weighted by atomic mass is 16.3. The van der Waals surface area contributed by atoms with E-state index in [0.717, 1.165) is 70.5 Å². The van der Waals surface area contributed by atoms with Gasteiger partial charge in [0.2, 0.25) is 11.9 Å². The van der Waals surface area contributed by atoms with Crippen molar-refractivity contribution in [2.75, 3.05) is 24.5 Å². The van der Waals surface area contributed by atoms with Crippen molar-refractivity contribution in [1.82, 2.24) is 14.9 Å². The molecule has 1 aliphatic carbocycles. The number of aromatic nitrogens is 2. The maximum Gasteiger partial charge on any atom is 0.230 e. The fraction of sp³-hybridized carbons (Fsp3) is 0.722. The van der Waals surface area contributed by atoms with Gasteiger partial charge in [-0.05, 0) is 51.0 Å². The highest BCUT2D eigenvalue weighted by molar-refractivity contribution is 5.86. The van der Waals surface area contributed by atoms with Crippen LogP contribution in [0.5, 0.6) is 0 Å². The molecule has 3 aliphatic rings. The zero-order chi connectivity index (χ0) is 16.6. The van der Waals surface area contributed by atoms with E-state index in [4.69, 9.17) is 0 Å². The van der Waals surface area contributed by atoms with Crippen LogP contribution in [0.3, 0.4) is 0 Å². The van der Waals surface area contributed by atoms with Gasteiger partial charge in [-0.15, -0.1) is 0 Å². The molecule has 1 atom stereocenters. The van der Waals surface area contributed by atoms with Crippen LogP contribution in [0.2, 0.25) is 0 Å². The zero-order valence-electron chi connectivity index (χ0n) is 14.1. The van der Waals surface area contributed by atoms with Crippen molar-refractivity contribution in [3.63, 3.8) is 0 Å². The summed E-state index contributed by atoms with van der Waals surface area (Å²) in [6.45, 7) is 2.53. The number of hydrogen-bond donors (Lipinski definition) is 1. The predicted molar refractivity (Wildman–Crippen MR) is 90.5 cm³/mol. The van der Waals surface area contributed by atoms with Gasteiger partial charge < -0.3 is 14.9 Å². The molecule has 1 amide bonds. The minimum Gasteiger partial charge on any atom is -0.393 e. The molecule has 130 valence electrons. The number of hydrogen-bond acceptors (Lipinski definition) is 5. The number of piperidine rings is 1. The minimum atomic E-state index is -0.256. The molecule has 1 aromatic heterocycles. The summed E-state index contributed by atoms with van der Waals surface area (Å²) in [6.07, 6.45) is 9.81. The van der Waals surface area contributed by atoms with E-state index in [-0.39, 0.29) is 11.5 Å². The first-order valence-electron chi connectivity index (χ1n) is 9.19. The number of nitrogens with zero attached hydrogens (tertiary/aromatic N) is 4. The molecule has 0 radical (unpaired) electrons. The molecule has 1 N–H and O–H groups in total.